The molecule has 0 aliphatic carbocycles. The zero-order valence-corrected chi connectivity index (χ0v) is 9.85. The molecule has 1 saturated heterocycles. The van der Waals surface area contributed by atoms with Crippen LogP contribution in [-0.2, 0) is 0 Å². The third-order valence-electron chi connectivity index (χ3n) is 2.66. The van der Waals surface area contributed by atoms with Crippen LogP contribution in [0.1, 0.15) is 5.37 Å². The Hall–Kier alpha value is -1.19. The molecule has 0 amide bonds. The lowest BCUT2D eigenvalue weighted by molar-refractivity contribution is -0.114. The lowest BCUT2D eigenvalue weighted by atomic mass is 10.1. The molecule has 0 spiro atoms. The summed E-state index contributed by atoms with van der Waals surface area (Å²) in [5.41, 5.74) is 4.35. The highest BCUT2D eigenvalue weighted by atomic mass is 32.2. The van der Waals surface area contributed by atoms with Crippen LogP contribution in [0.5, 0.6) is 0 Å². The number of rotatable bonds is 2. The number of alkyl halides is 2. The van der Waals surface area contributed by atoms with Crippen molar-refractivity contribution in [2.24, 2.45) is 0 Å². The van der Waals surface area contributed by atoms with Gasteiger partial charge in [0.25, 0.3) is 0 Å². The molecule has 0 radical (unpaired) electrons. The Morgan fingerprint density at radius 3 is 2.78 bits per heavy atom. The molecule has 9 heteroatoms. The number of hydrogen-bond donors (Lipinski definition) is 3. The summed E-state index contributed by atoms with van der Waals surface area (Å²) < 4.78 is 28.3. The van der Waals surface area contributed by atoms with Crippen LogP contribution in [0.3, 0.4) is 0 Å². The Kier molecular flexibility index (Phi) is 3.30. The number of aliphatic hydroxyl groups excluding tert-OH is 2. The van der Waals surface area contributed by atoms with Crippen molar-refractivity contribution in [3.8, 4) is 0 Å². The van der Waals surface area contributed by atoms with Gasteiger partial charge in [0.2, 0.25) is 0 Å². The van der Waals surface area contributed by atoms with Gasteiger partial charge in [-0.3, -0.25) is 4.57 Å². The number of halogens is 2. The fourth-order valence-electron chi connectivity index (χ4n) is 1.72. The Bertz CT molecular complexity index is 510. The molecule has 18 heavy (non-hydrogen) atoms. The van der Waals surface area contributed by atoms with Gasteiger partial charge in [-0.1, -0.05) is 0 Å². The Balaban J connectivity index is 2.42. The average molecular weight is 279 g/mol. The lowest BCUT2D eigenvalue weighted by Gasteiger charge is -2.22. The minimum Gasteiger partial charge on any atom is -0.395 e. The maximum Gasteiger partial charge on any atom is 0.350 e. The maximum absolute atomic E-state index is 13.8. The van der Waals surface area contributed by atoms with Crippen molar-refractivity contribution in [3.63, 3.8) is 0 Å². The molecular formula is C9H11F2N3O3S. The number of aromatic nitrogens is 2. The molecule has 4 N–H and O–H groups in total. The van der Waals surface area contributed by atoms with Gasteiger partial charge in [-0.15, -0.1) is 11.8 Å². The summed E-state index contributed by atoms with van der Waals surface area (Å²) >= 11 is 0.631. The van der Waals surface area contributed by atoms with Gasteiger partial charge in [0.1, 0.15) is 11.9 Å². The maximum atomic E-state index is 13.8. The molecule has 1 aromatic heterocycles. The second-order valence-corrected chi connectivity index (χ2v) is 5.20. The van der Waals surface area contributed by atoms with Crippen LogP contribution in [0.4, 0.5) is 14.6 Å². The first-order chi connectivity index (χ1) is 8.37. The van der Waals surface area contributed by atoms with Gasteiger partial charge in [-0.2, -0.15) is 4.98 Å². The van der Waals surface area contributed by atoms with Gasteiger partial charge in [-0.25, -0.2) is 13.6 Å². The van der Waals surface area contributed by atoms with Crippen molar-refractivity contribution >= 4 is 17.6 Å². The molecule has 100 valence electrons. The van der Waals surface area contributed by atoms with Crippen LogP contribution in [0.25, 0.3) is 0 Å². The largest absolute Gasteiger partial charge is 0.395 e. The predicted octanol–water partition coefficient (Wildman–Crippen LogP) is -0.572. The summed E-state index contributed by atoms with van der Waals surface area (Å²) in [6.07, 6.45) is -0.912. The van der Waals surface area contributed by atoms with Gasteiger partial charge in [0.15, 0.2) is 5.37 Å². The van der Waals surface area contributed by atoms with E-state index in [4.69, 9.17) is 10.8 Å². The first-order valence-corrected chi connectivity index (χ1v) is 5.99. The number of hydrogen-bond acceptors (Lipinski definition) is 6. The molecule has 6 nitrogen and oxygen atoms in total. The highest BCUT2D eigenvalue weighted by Gasteiger charge is 2.58. The van der Waals surface area contributed by atoms with E-state index in [1.807, 2.05) is 0 Å². The molecule has 1 aromatic rings. The average Bonchev–Trinajstić information content (AvgIpc) is 2.52. The monoisotopic (exact) mass is 279 g/mol. The normalized spacial score (nSPS) is 30.6. The Labute approximate surface area is 104 Å². The van der Waals surface area contributed by atoms with Gasteiger partial charge >= 0.3 is 11.6 Å². The van der Waals surface area contributed by atoms with Crippen LogP contribution in [0, 0.1) is 0 Å². The quantitative estimate of drug-likeness (QED) is 0.670. The lowest BCUT2D eigenvalue weighted by Crippen LogP contribution is -2.41. The van der Waals surface area contributed by atoms with Crippen LogP contribution in [-0.4, -0.2) is 43.6 Å². The fraction of sp³-hybridized carbons (Fsp3) is 0.556. The summed E-state index contributed by atoms with van der Waals surface area (Å²) in [6, 6.07) is 1.22. The smallest absolute Gasteiger partial charge is 0.350 e. The molecule has 0 saturated carbocycles. The van der Waals surface area contributed by atoms with Gasteiger partial charge in [0.05, 0.1) is 11.9 Å². The number of aliphatic hydroxyl groups is 2. The Morgan fingerprint density at radius 2 is 2.28 bits per heavy atom. The summed E-state index contributed by atoms with van der Waals surface area (Å²) in [5.74, 6) is -3.60. The molecule has 0 bridgehead atoms. The molecule has 1 aliphatic heterocycles. The van der Waals surface area contributed by atoms with Crippen LogP contribution in [0.15, 0.2) is 17.1 Å². The molecule has 2 rings (SSSR count). The van der Waals surface area contributed by atoms with Crippen LogP contribution >= 0.6 is 11.8 Å². The predicted molar refractivity (Wildman–Crippen MR) is 61.4 cm³/mol. The van der Waals surface area contributed by atoms with E-state index in [-0.39, 0.29) is 5.82 Å². The molecule has 1 fully saturated rings. The molecule has 0 unspecified atom stereocenters. The van der Waals surface area contributed by atoms with E-state index in [9.17, 15) is 18.7 Å². The highest BCUT2D eigenvalue weighted by Crippen LogP contribution is 2.51. The summed E-state index contributed by atoms with van der Waals surface area (Å²) in [7, 11) is 0. The first kappa shape index (κ1) is 13.2. The van der Waals surface area contributed by atoms with Gasteiger partial charge < -0.3 is 15.9 Å². The van der Waals surface area contributed by atoms with E-state index in [1.54, 1.807) is 0 Å². The molecule has 3 atom stereocenters. The highest BCUT2D eigenvalue weighted by molar-refractivity contribution is 8.00. The van der Waals surface area contributed by atoms with Crippen LogP contribution < -0.4 is 11.4 Å². The fourth-order valence-corrected chi connectivity index (χ4v) is 3.08. The number of nitrogen functional groups attached to an aromatic ring is 1. The number of nitrogens with two attached hydrogens (primary N) is 1. The van der Waals surface area contributed by atoms with Crippen molar-refractivity contribution in [2.45, 2.75) is 22.7 Å². The second kappa shape index (κ2) is 4.48. The minimum absolute atomic E-state index is 0.0678. The zero-order valence-electron chi connectivity index (χ0n) is 9.03. The number of nitrogens with zero attached hydrogens (tertiary/aromatic N) is 2. The topological polar surface area (TPSA) is 101 Å². The Morgan fingerprint density at radius 1 is 1.61 bits per heavy atom. The van der Waals surface area contributed by atoms with Crippen molar-refractivity contribution in [2.75, 3.05) is 12.3 Å². The van der Waals surface area contributed by atoms with E-state index in [0.29, 0.717) is 16.3 Å². The van der Waals surface area contributed by atoms with E-state index >= 15 is 0 Å². The SMILES string of the molecule is Nc1ccn([C@@H]2S[C@H](CO)[C@@H](O)C2(F)F)c(=O)n1. The summed E-state index contributed by atoms with van der Waals surface area (Å²) in [4.78, 5) is 14.9. The van der Waals surface area contributed by atoms with E-state index < -0.39 is 34.9 Å². The molecule has 2 heterocycles. The van der Waals surface area contributed by atoms with Crippen LogP contribution in [0.2, 0.25) is 0 Å². The van der Waals surface area contributed by atoms with E-state index in [0.717, 1.165) is 6.20 Å². The third kappa shape index (κ3) is 1.98. The number of thioether (sulfide) groups is 1. The van der Waals surface area contributed by atoms with E-state index in [2.05, 4.69) is 4.98 Å². The van der Waals surface area contributed by atoms with Gasteiger partial charge in [0, 0.05) is 6.20 Å². The van der Waals surface area contributed by atoms with E-state index in [1.165, 1.54) is 6.07 Å². The van der Waals surface area contributed by atoms with Crippen molar-refractivity contribution in [1.82, 2.24) is 9.55 Å². The molecular weight excluding hydrogens is 268 g/mol. The first-order valence-electron chi connectivity index (χ1n) is 5.04. The van der Waals surface area contributed by atoms with Gasteiger partial charge in [-0.05, 0) is 6.07 Å². The minimum atomic E-state index is -3.53. The van der Waals surface area contributed by atoms with Crippen molar-refractivity contribution in [3.05, 3.63) is 22.7 Å². The number of anilines is 1. The van der Waals surface area contributed by atoms with Crippen molar-refractivity contribution < 1.29 is 19.0 Å². The third-order valence-corrected chi connectivity index (χ3v) is 4.22. The summed E-state index contributed by atoms with van der Waals surface area (Å²) in [6.45, 7) is -0.602. The summed E-state index contributed by atoms with van der Waals surface area (Å²) in [5, 5.41) is 15.7. The molecule has 0 aromatic carbocycles. The molecule has 1 aliphatic rings. The zero-order chi connectivity index (χ0) is 13.5. The standard InChI is InChI=1S/C9H11F2N3O3S/c10-9(11)6(16)4(3-15)18-7(9)14-2-1-5(12)13-8(14)17/h1-2,4,6-7,15-16H,3H2,(H2,12,13,17)/t4-,6-,7-/m1/s1. The second-order valence-electron chi connectivity index (χ2n) is 3.87. The van der Waals surface area contributed by atoms with Crippen molar-refractivity contribution in [1.29, 1.82) is 0 Å².